The number of nitro benzene ring substituents is 1. The molecule has 0 saturated carbocycles. The first-order valence-corrected chi connectivity index (χ1v) is 7.94. The summed E-state index contributed by atoms with van der Waals surface area (Å²) in [5.74, 6) is -0.980. The number of nitrogens with one attached hydrogen (secondary N) is 2. The van der Waals surface area contributed by atoms with Gasteiger partial charge in [-0.3, -0.25) is 14.9 Å². The van der Waals surface area contributed by atoms with Gasteiger partial charge in [-0.15, -0.1) is 0 Å². The van der Waals surface area contributed by atoms with E-state index in [2.05, 4.69) is 10.3 Å². The molecule has 0 bridgehead atoms. The molecule has 3 rings (SSSR count). The fourth-order valence-corrected chi connectivity index (χ4v) is 2.71. The highest BCUT2D eigenvalue weighted by atomic mass is 16.6. The molecule has 27 heavy (non-hydrogen) atoms. The molecule has 0 aliphatic rings. The quantitative estimate of drug-likeness (QED) is 0.450. The van der Waals surface area contributed by atoms with E-state index in [1.54, 1.807) is 6.20 Å². The second-order valence-electron chi connectivity index (χ2n) is 5.72. The Morgan fingerprint density at radius 3 is 2.56 bits per heavy atom. The van der Waals surface area contributed by atoms with E-state index in [1.165, 1.54) is 24.3 Å². The van der Waals surface area contributed by atoms with E-state index in [-0.39, 0.29) is 17.9 Å². The monoisotopic (exact) mass is 369 g/mol. The lowest BCUT2D eigenvalue weighted by molar-refractivity contribution is -0.384. The van der Waals surface area contributed by atoms with Crippen LogP contribution in [0.1, 0.15) is 18.0 Å². The first-order chi connectivity index (χ1) is 12.9. The lowest BCUT2D eigenvalue weighted by Gasteiger charge is -2.16. The van der Waals surface area contributed by atoms with Crippen LogP contribution >= 0.6 is 0 Å². The van der Waals surface area contributed by atoms with Gasteiger partial charge in [-0.2, -0.15) is 0 Å². The number of aromatic amines is 1. The zero-order valence-corrected chi connectivity index (χ0v) is 13.9. The molecule has 1 heterocycles. The van der Waals surface area contributed by atoms with Crippen molar-refractivity contribution in [2.45, 2.75) is 12.5 Å². The number of para-hydroxylation sites is 1. The third-order valence-corrected chi connectivity index (χ3v) is 3.93. The van der Waals surface area contributed by atoms with Crippen LogP contribution in [0.5, 0.6) is 5.75 Å². The minimum Gasteiger partial charge on any atom is -0.481 e. The summed E-state index contributed by atoms with van der Waals surface area (Å²) in [6.45, 7) is 0. The van der Waals surface area contributed by atoms with Gasteiger partial charge in [-0.1, -0.05) is 18.2 Å². The SMILES string of the molecule is O=C(O)C[C@H](NC(=O)Oc1ccc([N+](=O)[O-])cc1)c1c[nH]c2ccccc12. The summed E-state index contributed by atoms with van der Waals surface area (Å²) in [7, 11) is 0. The molecule has 0 spiro atoms. The van der Waals surface area contributed by atoms with Crippen LogP contribution in [0.25, 0.3) is 10.9 Å². The second-order valence-corrected chi connectivity index (χ2v) is 5.72. The number of aromatic nitrogens is 1. The maximum absolute atomic E-state index is 12.2. The van der Waals surface area contributed by atoms with Gasteiger partial charge in [-0.25, -0.2) is 4.79 Å². The fraction of sp³-hybridized carbons (Fsp3) is 0.111. The van der Waals surface area contributed by atoms with E-state index in [4.69, 9.17) is 4.74 Å². The number of nitro groups is 1. The van der Waals surface area contributed by atoms with Crippen LogP contribution in [-0.2, 0) is 4.79 Å². The number of carboxylic acids is 1. The molecule has 3 aromatic rings. The maximum Gasteiger partial charge on any atom is 0.413 e. The van der Waals surface area contributed by atoms with Gasteiger partial charge in [0.2, 0.25) is 0 Å². The zero-order valence-electron chi connectivity index (χ0n) is 13.9. The van der Waals surface area contributed by atoms with Crippen molar-refractivity contribution >= 4 is 28.7 Å². The third-order valence-electron chi connectivity index (χ3n) is 3.93. The number of hydrogen-bond acceptors (Lipinski definition) is 5. The van der Waals surface area contributed by atoms with Gasteiger partial charge < -0.3 is 20.1 Å². The number of ether oxygens (including phenoxy) is 1. The van der Waals surface area contributed by atoms with Crippen molar-refractivity contribution in [1.29, 1.82) is 0 Å². The van der Waals surface area contributed by atoms with Gasteiger partial charge in [0, 0.05) is 34.8 Å². The first kappa shape index (κ1) is 17.9. The molecule has 0 saturated heterocycles. The predicted octanol–water partition coefficient (Wildman–Crippen LogP) is 3.38. The van der Waals surface area contributed by atoms with Gasteiger partial charge in [0.15, 0.2) is 0 Å². The lowest BCUT2D eigenvalue weighted by Crippen LogP contribution is -2.32. The van der Waals surface area contributed by atoms with E-state index in [9.17, 15) is 24.8 Å². The number of H-pyrrole nitrogens is 1. The van der Waals surface area contributed by atoms with Crippen molar-refractivity contribution in [3.63, 3.8) is 0 Å². The smallest absolute Gasteiger partial charge is 0.413 e. The summed E-state index contributed by atoms with van der Waals surface area (Å²) < 4.78 is 5.10. The normalized spacial score (nSPS) is 11.7. The van der Waals surface area contributed by atoms with Crippen LogP contribution in [0.2, 0.25) is 0 Å². The summed E-state index contributed by atoms with van der Waals surface area (Å²) in [5.41, 5.74) is 1.30. The molecule has 0 fully saturated rings. The van der Waals surface area contributed by atoms with Crippen LogP contribution in [0.3, 0.4) is 0 Å². The Balaban J connectivity index is 1.77. The molecular formula is C18H15N3O6. The molecule has 138 valence electrons. The highest BCUT2D eigenvalue weighted by molar-refractivity contribution is 5.85. The van der Waals surface area contributed by atoms with Crippen molar-refractivity contribution in [2.24, 2.45) is 0 Å². The van der Waals surface area contributed by atoms with Crippen LogP contribution in [-0.4, -0.2) is 27.1 Å². The number of hydrogen-bond donors (Lipinski definition) is 3. The minimum atomic E-state index is -1.08. The van der Waals surface area contributed by atoms with Crippen LogP contribution < -0.4 is 10.1 Å². The van der Waals surface area contributed by atoms with Crippen molar-refractivity contribution in [3.8, 4) is 5.75 Å². The van der Waals surface area contributed by atoms with E-state index in [1.807, 2.05) is 24.3 Å². The maximum atomic E-state index is 12.2. The minimum absolute atomic E-state index is 0.103. The number of carboxylic acid groups (broad SMARTS) is 1. The molecule has 2 aromatic carbocycles. The van der Waals surface area contributed by atoms with Crippen LogP contribution in [0, 0.1) is 10.1 Å². The summed E-state index contributed by atoms with van der Waals surface area (Å²) in [6, 6.07) is 11.5. The number of nitrogens with zero attached hydrogens (tertiary/aromatic N) is 1. The average molecular weight is 369 g/mol. The molecule has 0 radical (unpaired) electrons. The molecule has 0 unspecified atom stereocenters. The molecular weight excluding hydrogens is 354 g/mol. The predicted molar refractivity (Wildman–Crippen MR) is 95.5 cm³/mol. The fourth-order valence-electron chi connectivity index (χ4n) is 2.71. The van der Waals surface area contributed by atoms with Crippen LogP contribution in [0.15, 0.2) is 54.7 Å². The van der Waals surface area contributed by atoms with E-state index in [0.717, 1.165) is 10.9 Å². The molecule has 1 aromatic heterocycles. The van der Waals surface area contributed by atoms with E-state index >= 15 is 0 Å². The van der Waals surface area contributed by atoms with E-state index in [0.29, 0.717) is 5.56 Å². The molecule has 3 N–H and O–H groups in total. The Hall–Kier alpha value is -3.88. The third kappa shape index (κ3) is 4.21. The Bertz CT molecular complexity index is 996. The Kier molecular flexibility index (Phi) is 5.02. The largest absolute Gasteiger partial charge is 0.481 e. The first-order valence-electron chi connectivity index (χ1n) is 7.94. The summed E-state index contributed by atoms with van der Waals surface area (Å²) >= 11 is 0. The number of amides is 1. The van der Waals surface area contributed by atoms with Crippen molar-refractivity contribution in [1.82, 2.24) is 10.3 Å². The summed E-state index contributed by atoms with van der Waals surface area (Å²) in [5, 5.41) is 23.1. The highest BCUT2D eigenvalue weighted by Crippen LogP contribution is 2.26. The average Bonchev–Trinajstić information content (AvgIpc) is 3.05. The van der Waals surface area contributed by atoms with Crippen LogP contribution in [0.4, 0.5) is 10.5 Å². The van der Waals surface area contributed by atoms with E-state index < -0.39 is 23.0 Å². The number of carbonyl (C=O) groups is 2. The Labute approximate surface area is 152 Å². The number of rotatable bonds is 6. The Morgan fingerprint density at radius 1 is 1.19 bits per heavy atom. The molecule has 0 aliphatic carbocycles. The Morgan fingerprint density at radius 2 is 1.89 bits per heavy atom. The molecule has 1 atom stereocenters. The standard InChI is InChI=1S/C18H15N3O6/c22-17(23)9-16(14-10-19-15-4-2-1-3-13(14)15)20-18(24)27-12-7-5-11(6-8-12)21(25)26/h1-8,10,16,19H,9H2,(H,20,24)(H,22,23)/t16-/m0/s1. The highest BCUT2D eigenvalue weighted by Gasteiger charge is 2.22. The van der Waals surface area contributed by atoms with Gasteiger partial charge in [0.25, 0.3) is 5.69 Å². The summed E-state index contributed by atoms with van der Waals surface area (Å²) in [4.78, 5) is 36.5. The van der Waals surface area contributed by atoms with Crippen molar-refractivity contribution < 1.29 is 24.4 Å². The number of non-ortho nitro benzene ring substituents is 1. The van der Waals surface area contributed by atoms with Gasteiger partial charge >= 0.3 is 12.1 Å². The zero-order chi connectivity index (χ0) is 19.4. The molecule has 1 amide bonds. The van der Waals surface area contributed by atoms with Gasteiger partial charge in [0.1, 0.15) is 5.75 Å². The van der Waals surface area contributed by atoms with Crippen molar-refractivity contribution in [2.75, 3.05) is 0 Å². The number of aliphatic carboxylic acids is 1. The molecule has 9 nitrogen and oxygen atoms in total. The van der Waals surface area contributed by atoms with Gasteiger partial charge in [-0.05, 0) is 18.2 Å². The number of benzene rings is 2. The number of carbonyl (C=O) groups excluding carboxylic acids is 1. The van der Waals surface area contributed by atoms with Crippen molar-refractivity contribution in [3.05, 3.63) is 70.4 Å². The van der Waals surface area contributed by atoms with Gasteiger partial charge in [0.05, 0.1) is 17.4 Å². The lowest BCUT2D eigenvalue weighted by atomic mass is 10.0. The molecule has 9 heteroatoms. The summed E-state index contributed by atoms with van der Waals surface area (Å²) in [6.07, 6.45) is 0.446. The topological polar surface area (TPSA) is 135 Å². The molecule has 0 aliphatic heterocycles. The number of fused-ring (bicyclic) bond motifs is 1. The second kappa shape index (κ2) is 7.56.